The van der Waals surface area contributed by atoms with Crippen molar-refractivity contribution in [3.05, 3.63) is 22.8 Å². The number of hydrogen-bond donors (Lipinski definition) is 2. The van der Waals surface area contributed by atoms with Gasteiger partial charge < -0.3 is 10.6 Å². The minimum atomic E-state index is -0.121. The van der Waals surface area contributed by atoms with Gasteiger partial charge >= 0.3 is 0 Å². The van der Waals surface area contributed by atoms with Crippen molar-refractivity contribution in [3.8, 4) is 0 Å². The summed E-state index contributed by atoms with van der Waals surface area (Å²) >= 11 is 5.93. The number of nitrogens with one attached hydrogen (secondary N) is 2. The zero-order valence-electron chi connectivity index (χ0n) is 12.9. The fourth-order valence-corrected chi connectivity index (χ4v) is 1.76. The van der Waals surface area contributed by atoms with Crippen molar-refractivity contribution >= 4 is 23.3 Å². The SMILES string of the molecule is CCNc1cc(C(=O)NCC(C)C(C)(C)C)cc(Cl)n1. The maximum absolute atomic E-state index is 12.2. The fourth-order valence-electron chi connectivity index (χ4n) is 1.55. The van der Waals surface area contributed by atoms with E-state index in [0.717, 1.165) is 6.54 Å². The molecule has 112 valence electrons. The van der Waals surface area contributed by atoms with Crippen LogP contribution in [0.5, 0.6) is 0 Å². The van der Waals surface area contributed by atoms with Crippen molar-refractivity contribution in [2.75, 3.05) is 18.4 Å². The van der Waals surface area contributed by atoms with Gasteiger partial charge in [0.15, 0.2) is 0 Å². The highest BCUT2D eigenvalue weighted by atomic mass is 35.5. The van der Waals surface area contributed by atoms with E-state index < -0.39 is 0 Å². The molecule has 0 bridgehead atoms. The molecule has 1 amide bonds. The van der Waals surface area contributed by atoms with Gasteiger partial charge in [0, 0.05) is 18.7 Å². The maximum atomic E-state index is 12.2. The summed E-state index contributed by atoms with van der Waals surface area (Å²) in [5.41, 5.74) is 0.694. The third kappa shape index (κ3) is 5.00. The molecular weight excluding hydrogens is 274 g/mol. The topological polar surface area (TPSA) is 54.0 Å². The van der Waals surface area contributed by atoms with Crippen molar-refractivity contribution in [3.63, 3.8) is 0 Å². The molecule has 0 fully saturated rings. The number of rotatable bonds is 5. The van der Waals surface area contributed by atoms with E-state index in [4.69, 9.17) is 11.6 Å². The standard InChI is InChI=1S/C15H24ClN3O/c1-6-17-13-8-11(7-12(16)19-13)14(20)18-9-10(2)15(3,4)5/h7-8,10H,6,9H2,1-5H3,(H,17,19)(H,18,20). The molecule has 2 N–H and O–H groups in total. The molecule has 0 aliphatic carbocycles. The Balaban J connectivity index is 2.72. The molecule has 4 nitrogen and oxygen atoms in total. The summed E-state index contributed by atoms with van der Waals surface area (Å²) in [5, 5.41) is 6.32. The second-order valence-corrected chi connectivity index (χ2v) is 6.46. The smallest absolute Gasteiger partial charge is 0.251 e. The first-order valence-electron chi connectivity index (χ1n) is 6.93. The molecule has 1 atom stereocenters. The molecule has 1 aromatic heterocycles. The molecule has 0 aliphatic rings. The largest absolute Gasteiger partial charge is 0.370 e. The number of anilines is 1. The predicted octanol–water partition coefficient (Wildman–Crippen LogP) is 3.58. The van der Waals surface area contributed by atoms with Crippen LogP contribution in [0.3, 0.4) is 0 Å². The van der Waals surface area contributed by atoms with E-state index in [1.807, 2.05) is 6.92 Å². The lowest BCUT2D eigenvalue weighted by molar-refractivity contribution is 0.0937. The number of amides is 1. The quantitative estimate of drug-likeness (QED) is 0.817. The molecular formula is C15H24ClN3O. The van der Waals surface area contributed by atoms with Gasteiger partial charge in [-0.2, -0.15) is 0 Å². The molecule has 1 heterocycles. The van der Waals surface area contributed by atoms with Crippen LogP contribution in [0.2, 0.25) is 5.15 Å². The van der Waals surface area contributed by atoms with Gasteiger partial charge in [0.1, 0.15) is 11.0 Å². The van der Waals surface area contributed by atoms with Gasteiger partial charge in [0.25, 0.3) is 5.91 Å². The van der Waals surface area contributed by atoms with Crippen LogP contribution in [-0.4, -0.2) is 24.0 Å². The Kier molecular flexibility index (Phi) is 5.81. The van der Waals surface area contributed by atoms with Crippen LogP contribution in [0.4, 0.5) is 5.82 Å². The highest BCUT2D eigenvalue weighted by Crippen LogP contribution is 2.24. The zero-order valence-corrected chi connectivity index (χ0v) is 13.6. The zero-order chi connectivity index (χ0) is 15.3. The van der Waals surface area contributed by atoms with E-state index in [1.165, 1.54) is 0 Å². The predicted molar refractivity (Wildman–Crippen MR) is 84.4 cm³/mol. The minimum absolute atomic E-state index is 0.121. The van der Waals surface area contributed by atoms with Crippen LogP contribution < -0.4 is 10.6 Å². The lowest BCUT2D eigenvalue weighted by Crippen LogP contribution is -2.33. The molecule has 0 spiro atoms. The normalized spacial score (nSPS) is 12.9. The fraction of sp³-hybridized carbons (Fsp3) is 0.600. The highest BCUT2D eigenvalue weighted by Gasteiger charge is 2.20. The molecule has 0 saturated heterocycles. The van der Waals surface area contributed by atoms with Crippen LogP contribution in [-0.2, 0) is 0 Å². The van der Waals surface area contributed by atoms with E-state index in [0.29, 0.717) is 29.0 Å². The van der Waals surface area contributed by atoms with Crippen LogP contribution in [0.25, 0.3) is 0 Å². The molecule has 1 unspecified atom stereocenters. The van der Waals surface area contributed by atoms with E-state index in [2.05, 4.69) is 43.3 Å². The van der Waals surface area contributed by atoms with Crippen molar-refractivity contribution in [2.45, 2.75) is 34.6 Å². The number of carbonyl (C=O) groups excluding carboxylic acids is 1. The first kappa shape index (κ1) is 16.8. The average Bonchev–Trinajstić information content (AvgIpc) is 2.34. The summed E-state index contributed by atoms with van der Waals surface area (Å²) in [6.45, 7) is 12.0. The Morgan fingerprint density at radius 3 is 2.60 bits per heavy atom. The van der Waals surface area contributed by atoms with Gasteiger partial charge in [-0.3, -0.25) is 4.79 Å². The van der Waals surface area contributed by atoms with E-state index in [1.54, 1.807) is 12.1 Å². The minimum Gasteiger partial charge on any atom is -0.370 e. The third-order valence-corrected chi connectivity index (χ3v) is 3.65. The number of carbonyl (C=O) groups is 1. The van der Waals surface area contributed by atoms with Crippen LogP contribution in [0.1, 0.15) is 45.0 Å². The van der Waals surface area contributed by atoms with Gasteiger partial charge in [-0.1, -0.05) is 39.3 Å². The second-order valence-electron chi connectivity index (χ2n) is 6.07. The monoisotopic (exact) mass is 297 g/mol. The Morgan fingerprint density at radius 1 is 1.40 bits per heavy atom. The second kappa shape index (κ2) is 6.93. The van der Waals surface area contributed by atoms with Crippen molar-refractivity contribution < 1.29 is 4.79 Å². The number of pyridine rings is 1. The van der Waals surface area contributed by atoms with Crippen LogP contribution >= 0.6 is 11.6 Å². The number of aromatic nitrogens is 1. The molecule has 5 heteroatoms. The summed E-state index contributed by atoms with van der Waals surface area (Å²) in [4.78, 5) is 16.3. The molecule has 1 rings (SSSR count). The molecule has 20 heavy (non-hydrogen) atoms. The van der Waals surface area contributed by atoms with E-state index in [9.17, 15) is 4.79 Å². The number of nitrogens with zero attached hydrogens (tertiary/aromatic N) is 1. The molecule has 0 radical (unpaired) electrons. The maximum Gasteiger partial charge on any atom is 0.251 e. The molecule has 0 saturated carbocycles. The molecule has 0 aliphatic heterocycles. The van der Waals surface area contributed by atoms with Gasteiger partial charge in [-0.15, -0.1) is 0 Å². The van der Waals surface area contributed by atoms with E-state index in [-0.39, 0.29) is 11.3 Å². The number of halogens is 1. The first-order chi connectivity index (χ1) is 9.24. The van der Waals surface area contributed by atoms with Gasteiger partial charge in [-0.25, -0.2) is 4.98 Å². The summed E-state index contributed by atoms with van der Waals surface area (Å²) in [7, 11) is 0. The Bertz CT molecular complexity index is 469. The molecule has 0 aromatic carbocycles. The summed E-state index contributed by atoms with van der Waals surface area (Å²) < 4.78 is 0. The Morgan fingerprint density at radius 2 is 2.05 bits per heavy atom. The highest BCUT2D eigenvalue weighted by molar-refractivity contribution is 6.29. The van der Waals surface area contributed by atoms with Gasteiger partial charge in [-0.05, 0) is 30.4 Å². The summed E-state index contributed by atoms with van der Waals surface area (Å²) in [6, 6.07) is 3.30. The lowest BCUT2D eigenvalue weighted by atomic mass is 9.82. The average molecular weight is 298 g/mol. The summed E-state index contributed by atoms with van der Waals surface area (Å²) in [6.07, 6.45) is 0. The van der Waals surface area contributed by atoms with Crippen LogP contribution in [0.15, 0.2) is 12.1 Å². The van der Waals surface area contributed by atoms with Crippen molar-refractivity contribution in [1.29, 1.82) is 0 Å². The summed E-state index contributed by atoms with van der Waals surface area (Å²) in [5.74, 6) is 0.885. The van der Waals surface area contributed by atoms with Crippen molar-refractivity contribution in [1.82, 2.24) is 10.3 Å². The lowest BCUT2D eigenvalue weighted by Gasteiger charge is -2.27. The van der Waals surface area contributed by atoms with Crippen molar-refractivity contribution in [2.24, 2.45) is 11.3 Å². The van der Waals surface area contributed by atoms with Gasteiger partial charge in [0.05, 0.1) is 0 Å². The first-order valence-corrected chi connectivity index (χ1v) is 7.31. The Labute approximate surface area is 126 Å². The molecule has 1 aromatic rings. The third-order valence-electron chi connectivity index (χ3n) is 3.46. The Hall–Kier alpha value is -1.29. The number of hydrogen-bond acceptors (Lipinski definition) is 3. The van der Waals surface area contributed by atoms with Gasteiger partial charge in [0.2, 0.25) is 0 Å². The van der Waals surface area contributed by atoms with E-state index >= 15 is 0 Å². The van der Waals surface area contributed by atoms with Crippen LogP contribution in [0, 0.1) is 11.3 Å².